The Kier molecular flexibility index (Phi) is 3.94. The highest BCUT2D eigenvalue weighted by Crippen LogP contribution is 2.32. The standard InChI is InChI=1S/C13H17NO2S/c1-10(13(16)14-8-4-5-9-14)17-12-7-3-2-6-11(12)15/h2-3,6-7,10,15H,4-5,8-9H2,1H3. The molecule has 17 heavy (non-hydrogen) atoms. The number of likely N-dealkylation sites (tertiary alicyclic amines) is 1. The van der Waals surface area contributed by atoms with Gasteiger partial charge in [-0.3, -0.25) is 4.79 Å². The number of amides is 1. The number of hydrogen-bond donors (Lipinski definition) is 1. The van der Waals surface area contributed by atoms with Gasteiger partial charge in [-0.15, -0.1) is 11.8 Å². The van der Waals surface area contributed by atoms with Gasteiger partial charge in [0, 0.05) is 18.0 Å². The Morgan fingerprint density at radius 3 is 2.65 bits per heavy atom. The molecule has 0 aromatic heterocycles. The van der Waals surface area contributed by atoms with Crippen molar-refractivity contribution >= 4 is 17.7 Å². The van der Waals surface area contributed by atoms with Crippen LogP contribution in [0.15, 0.2) is 29.2 Å². The lowest BCUT2D eigenvalue weighted by Crippen LogP contribution is -2.33. The summed E-state index contributed by atoms with van der Waals surface area (Å²) in [6.07, 6.45) is 2.22. The molecular weight excluding hydrogens is 234 g/mol. The summed E-state index contributed by atoms with van der Waals surface area (Å²) in [5, 5.41) is 9.52. The van der Waals surface area contributed by atoms with E-state index in [1.54, 1.807) is 12.1 Å². The fourth-order valence-corrected chi connectivity index (χ4v) is 2.97. The van der Waals surface area contributed by atoms with Crippen molar-refractivity contribution in [3.05, 3.63) is 24.3 Å². The molecule has 1 saturated heterocycles. The number of benzene rings is 1. The Bertz CT molecular complexity index is 402. The minimum absolute atomic E-state index is 0.138. The number of phenolic OH excluding ortho intramolecular Hbond substituents is 1. The Labute approximate surface area is 106 Å². The summed E-state index contributed by atoms with van der Waals surface area (Å²) < 4.78 is 0. The molecule has 1 heterocycles. The monoisotopic (exact) mass is 251 g/mol. The molecule has 1 aliphatic heterocycles. The van der Waals surface area contributed by atoms with Crippen LogP contribution in [0.2, 0.25) is 0 Å². The van der Waals surface area contributed by atoms with E-state index in [0.29, 0.717) is 0 Å². The lowest BCUT2D eigenvalue weighted by Gasteiger charge is -2.20. The van der Waals surface area contributed by atoms with Crippen LogP contribution in [0.1, 0.15) is 19.8 Å². The number of phenols is 1. The number of hydrogen-bond acceptors (Lipinski definition) is 3. The van der Waals surface area contributed by atoms with Crippen molar-refractivity contribution in [3.8, 4) is 5.75 Å². The minimum Gasteiger partial charge on any atom is -0.507 e. The van der Waals surface area contributed by atoms with Crippen molar-refractivity contribution in [2.75, 3.05) is 13.1 Å². The van der Waals surface area contributed by atoms with Gasteiger partial charge in [-0.05, 0) is 31.9 Å². The summed E-state index contributed by atoms with van der Waals surface area (Å²) in [5.74, 6) is 0.425. The van der Waals surface area contributed by atoms with E-state index in [2.05, 4.69) is 0 Å². The van der Waals surface area contributed by atoms with Crippen LogP contribution < -0.4 is 0 Å². The summed E-state index contributed by atoms with van der Waals surface area (Å²) in [7, 11) is 0. The van der Waals surface area contributed by atoms with Gasteiger partial charge in [0.1, 0.15) is 5.75 Å². The third kappa shape index (κ3) is 2.94. The topological polar surface area (TPSA) is 40.5 Å². The molecule has 1 amide bonds. The first-order valence-corrected chi connectivity index (χ1v) is 6.80. The van der Waals surface area contributed by atoms with Gasteiger partial charge in [0.15, 0.2) is 0 Å². The molecule has 0 saturated carbocycles. The zero-order chi connectivity index (χ0) is 12.3. The van der Waals surface area contributed by atoms with Crippen LogP contribution in [0.25, 0.3) is 0 Å². The summed E-state index contributed by atoms with van der Waals surface area (Å²) in [4.78, 5) is 14.8. The molecular formula is C13H17NO2S. The van der Waals surface area contributed by atoms with Crippen LogP contribution in [0.3, 0.4) is 0 Å². The Hall–Kier alpha value is -1.16. The van der Waals surface area contributed by atoms with Crippen molar-refractivity contribution in [2.45, 2.75) is 29.9 Å². The number of carbonyl (C=O) groups excluding carboxylic acids is 1. The number of thioether (sulfide) groups is 1. The van der Waals surface area contributed by atoms with Crippen molar-refractivity contribution in [1.82, 2.24) is 4.90 Å². The predicted octanol–water partition coefficient (Wildman–Crippen LogP) is 2.50. The highest BCUT2D eigenvalue weighted by molar-refractivity contribution is 8.00. The van der Waals surface area contributed by atoms with Crippen molar-refractivity contribution in [2.24, 2.45) is 0 Å². The van der Waals surface area contributed by atoms with Crippen LogP contribution in [0.4, 0.5) is 0 Å². The molecule has 0 bridgehead atoms. The van der Waals surface area contributed by atoms with Gasteiger partial charge in [-0.2, -0.15) is 0 Å². The predicted molar refractivity (Wildman–Crippen MR) is 69.2 cm³/mol. The second kappa shape index (κ2) is 5.45. The lowest BCUT2D eigenvalue weighted by molar-refractivity contribution is -0.129. The molecule has 0 radical (unpaired) electrons. The number of rotatable bonds is 3. The van der Waals surface area contributed by atoms with Gasteiger partial charge in [-0.25, -0.2) is 0 Å². The quantitative estimate of drug-likeness (QED) is 0.839. The zero-order valence-corrected chi connectivity index (χ0v) is 10.7. The second-order valence-corrected chi connectivity index (χ2v) is 5.64. The largest absolute Gasteiger partial charge is 0.507 e. The van der Waals surface area contributed by atoms with E-state index in [0.717, 1.165) is 30.8 Å². The summed E-state index contributed by atoms with van der Waals surface area (Å²) in [5.41, 5.74) is 0. The number of nitrogens with zero attached hydrogens (tertiary/aromatic N) is 1. The molecule has 3 nitrogen and oxygen atoms in total. The van der Waals surface area contributed by atoms with Crippen molar-refractivity contribution < 1.29 is 9.90 Å². The summed E-state index contributed by atoms with van der Waals surface area (Å²) in [6, 6.07) is 7.14. The number of carbonyl (C=O) groups is 1. The van der Waals surface area contributed by atoms with Gasteiger partial charge >= 0.3 is 0 Å². The van der Waals surface area contributed by atoms with Gasteiger partial charge in [0.25, 0.3) is 0 Å². The Morgan fingerprint density at radius 1 is 1.35 bits per heavy atom. The van der Waals surface area contributed by atoms with Crippen LogP contribution >= 0.6 is 11.8 Å². The lowest BCUT2D eigenvalue weighted by atomic mass is 10.3. The molecule has 92 valence electrons. The summed E-state index contributed by atoms with van der Waals surface area (Å²) >= 11 is 1.42. The van der Waals surface area contributed by atoms with E-state index in [1.165, 1.54) is 11.8 Å². The first-order chi connectivity index (χ1) is 8.18. The molecule has 1 fully saturated rings. The molecule has 1 aromatic carbocycles. The number of aromatic hydroxyl groups is 1. The molecule has 1 aromatic rings. The van der Waals surface area contributed by atoms with E-state index in [-0.39, 0.29) is 16.9 Å². The Morgan fingerprint density at radius 2 is 2.00 bits per heavy atom. The highest BCUT2D eigenvalue weighted by Gasteiger charge is 2.24. The molecule has 0 aliphatic carbocycles. The molecule has 4 heteroatoms. The maximum Gasteiger partial charge on any atom is 0.235 e. The van der Waals surface area contributed by atoms with E-state index in [9.17, 15) is 9.90 Å². The average molecular weight is 251 g/mol. The number of para-hydroxylation sites is 1. The van der Waals surface area contributed by atoms with Crippen LogP contribution in [0.5, 0.6) is 5.75 Å². The SMILES string of the molecule is CC(Sc1ccccc1O)C(=O)N1CCCC1. The van der Waals surface area contributed by atoms with Crippen LogP contribution in [-0.2, 0) is 4.79 Å². The molecule has 1 atom stereocenters. The van der Waals surface area contributed by atoms with Crippen LogP contribution in [0, 0.1) is 0 Å². The van der Waals surface area contributed by atoms with Gasteiger partial charge < -0.3 is 10.0 Å². The van der Waals surface area contributed by atoms with Crippen LogP contribution in [-0.4, -0.2) is 34.3 Å². The first-order valence-electron chi connectivity index (χ1n) is 5.92. The highest BCUT2D eigenvalue weighted by atomic mass is 32.2. The molecule has 1 N–H and O–H groups in total. The fourth-order valence-electron chi connectivity index (χ4n) is 1.99. The van der Waals surface area contributed by atoms with E-state index in [1.807, 2.05) is 24.0 Å². The smallest absolute Gasteiger partial charge is 0.235 e. The average Bonchev–Trinajstić information content (AvgIpc) is 2.84. The maximum atomic E-state index is 12.1. The third-order valence-electron chi connectivity index (χ3n) is 2.93. The van der Waals surface area contributed by atoms with E-state index >= 15 is 0 Å². The van der Waals surface area contributed by atoms with Gasteiger partial charge in [0.2, 0.25) is 5.91 Å². The minimum atomic E-state index is -0.138. The van der Waals surface area contributed by atoms with E-state index < -0.39 is 0 Å². The van der Waals surface area contributed by atoms with Gasteiger partial charge in [0.05, 0.1) is 5.25 Å². The van der Waals surface area contributed by atoms with Crippen molar-refractivity contribution in [1.29, 1.82) is 0 Å². The van der Waals surface area contributed by atoms with Gasteiger partial charge in [-0.1, -0.05) is 12.1 Å². The first kappa shape index (κ1) is 12.3. The Balaban J connectivity index is 1.99. The van der Waals surface area contributed by atoms with Crippen molar-refractivity contribution in [3.63, 3.8) is 0 Å². The zero-order valence-electron chi connectivity index (χ0n) is 9.93. The summed E-state index contributed by atoms with van der Waals surface area (Å²) in [6.45, 7) is 3.66. The van der Waals surface area contributed by atoms with E-state index in [4.69, 9.17) is 0 Å². The molecule has 0 spiro atoms. The normalized spacial score (nSPS) is 17.1. The maximum absolute atomic E-state index is 12.1. The fraction of sp³-hybridized carbons (Fsp3) is 0.462. The molecule has 1 aliphatic rings. The molecule has 2 rings (SSSR count). The third-order valence-corrected chi connectivity index (χ3v) is 4.09. The second-order valence-electron chi connectivity index (χ2n) is 4.26. The molecule has 1 unspecified atom stereocenters.